The van der Waals surface area contributed by atoms with E-state index < -0.39 is 17.5 Å². The molecular formula is C11H8F3N3. The van der Waals surface area contributed by atoms with Crippen molar-refractivity contribution in [1.29, 1.82) is 0 Å². The van der Waals surface area contributed by atoms with E-state index in [0.29, 0.717) is 6.07 Å². The van der Waals surface area contributed by atoms with E-state index in [2.05, 4.69) is 15.3 Å². The minimum absolute atomic E-state index is 0.0105. The second kappa shape index (κ2) is 4.82. The van der Waals surface area contributed by atoms with Crippen molar-refractivity contribution in [2.24, 2.45) is 0 Å². The number of benzene rings is 1. The molecule has 0 fully saturated rings. The molecule has 0 radical (unpaired) electrons. The first kappa shape index (κ1) is 11.4. The zero-order valence-electron chi connectivity index (χ0n) is 8.62. The fraction of sp³-hybridized carbons (Fsp3) is 0.0909. The molecule has 0 saturated carbocycles. The highest BCUT2D eigenvalue weighted by atomic mass is 19.2. The number of hydrogen-bond donors (Lipinski definition) is 1. The maximum absolute atomic E-state index is 13.2. The molecule has 0 unspecified atom stereocenters. The summed E-state index contributed by atoms with van der Waals surface area (Å²) in [6, 6.07) is 2.95. The van der Waals surface area contributed by atoms with E-state index in [9.17, 15) is 13.2 Å². The first-order valence-electron chi connectivity index (χ1n) is 4.81. The number of nitrogens with one attached hydrogen (secondary N) is 1. The zero-order valence-corrected chi connectivity index (χ0v) is 8.62. The smallest absolute Gasteiger partial charge is 0.222 e. The van der Waals surface area contributed by atoms with Crippen LogP contribution in [-0.4, -0.2) is 9.97 Å². The van der Waals surface area contributed by atoms with E-state index in [1.807, 2.05) is 0 Å². The molecule has 0 aliphatic heterocycles. The predicted molar refractivity (Wildman–Crippen MR) is 55.7 cm³/mol. The van der Waals surface area contributed by atoms with Gasteiger partial charge in [0.1, 0.15) is 5.82 Å². The second-order valence-corrected chi connectivity index (χ2v) is 3.28. The lowest BCUT2D eigenvalue weighted by atomic mass is 10.2. The summed E-state index contributed by atoms with van der Waals surface area (Å²) < 4.78 is 38.8. The second-order valence-electron chi connectivity index (χ2n) is 3.28. The Labute approximate surface area is 95.3 Å². The number of hydrogen-bond acceptors (Lipinski definition) is 3. The lowest BCUT2D eigenvalue weighted by Crippen LogP contribution is -2.05. The molecule has 0 saturated heterocycles. The van der Waals surface area contributed by atoms with Crippen LogP contribution in [0, 0.1) is 17.5 Å². The van der Waals surface area contributed by atoms with Crippen LogP contribution in [0.2, 0.25) is 0 Å². The van der Waals surface area contributed by atoms with Gasteiger partial charge in [0.05, 0.1) is 0 Å². The molecule has 88 valence electrons. The maximum atomic E-state index is 13.2. The average Bonchev–Trinajstić information content (AvgIpc) is 2.33. The SMILES string of the molecule is Fc1cc(F)c(CNc2ncccn2)cc1F. The van der Waals surface area contributed by atoms with Gasteiger partial charge in [-0.3, -0.25) is 0 Å². The number of rotatable bonds is 3. The molecule has 0 atom stereocenters. The van der Waals surface area contributed by atoms with Gasteiger partial charge in [-0.05, 0) is 12.1 Å². The van der Waals surface area contributed by atoms with Crippen molar-refractivity contribution in [3.05, 3.63) is 53.6 Å². The molecule has 0 aliphatic rings. The van der Waals surface area contributed by atoms with Crippen LogP contribution in [0.1, 0.15) is 5.56 Å². The fourth-order valence-electron chi connectivity index (χ4n) is 1.26. The topological polar surface area (TPSA) is 37.8 Å². The van der Waals surface area contributed by atoms with Crippen molar-refractivity contribution >= 4 is 5.95 Å². The average molecular weight is 239 g/mol. The third kappa shape index (κ3) is 2.72. The highest BCUT2D eigenvalue weighted by molar-refractivity contribution is 5.28. The number of anilines is 1. The summed E-state index contributed by atoms with van der Waals surface area (Å²) in [5.74, 6) is -2.82. The van der Waals surface area contributed by atoms with Gasteiger partial charge >= 0.3 is 0 Å². The van der Waals surface area contributed by atoms with Crippen LogP contribution < -0.4 is 5.32 Å². The van der Waals surface area contributed by atoms with Gasteiger partial charge in [-0.2, -0.15) is 0 Å². The van der Waals surface area contributed by atoms with Crippen LogP contribution in [0.15, 0.2) is 30.6 Å². The summed E-state index contributed by atoms with van der Waals surface area (Å²) in [6.45, 7) is -0.0208. The van der Waals surface area contributed by atoms with Gasteiger partial charge in [0.2, 0.25) is 5.95 Å². The van der Waals surface area contributed by atoms with Crippen molar-refractivity contribution in [2.45, 2.75) is 6.54 Å². The van der Waals surface area contributed by atoms with Crippen molar-refractivity contribution in [1.82, 2.24) is 9.97 Å². The Hall–Kier alpha value is -2.11. The molecule has 1 aromatic heterocycles. The summed E-state index contributed by atoms with van der Waals surface area (Å²) >= 11 is 0. The van der Waals surface area contributed by atoms with Crippen molar-refractivity contribution in [2.75, 3.05) is 5.32 Å². The minimum Gasteiger partial charge on any atom is -0.350 e. The van der Waals surface area contributed by atoms with Gasteiger partial charge in [0.25, 0.3) is 0 Å². The van der Waals surface area contributed by atoms with Gasteiger partial charge in [-0.15, -0.1) is 0 Å². The third-order valence-electron chi connectivity index (χ3n) is 2.09. The molecule has 1 N–H and O–H groups in total. The molecule has 2 aromatic rings. The first-order valence-corrected chi connectivity index (χ1v) is 4.81. The Morgan fingerprint density at radius 2 is 1.59 bits per heavy atom. The Bertz CT molecular complexity index is 517. The Morgan fingerprint density at radius 3 is 2.29 bits per heavy atom. The van der Waals surface area contributed by atoms with E-state index >= 15 is 0 Å². The number of aromatic nitrogens is 2. The largest absolute Gasteiger partial charge is 0.350 e. The van der Waals surface area contributed by atoms with Gasteiger partial charge in [-0.1, -0.05) is 0 Å². The fourth-order valence-corrected chi connectivity index (χ4v) is 1.26. The van der Waals surface area contributed by atoms with Crippen LogP contribution >= 0.6 is 0 Å². The van der Waals surface area contributed by atoms with Crippen LogP contribution in [0.5, 0.6) is 0 Å². The monoisotopic (exact) mass is 239 g/mol. The van der Waals surface area contributed by atoms with Crippen molar-refractivity contribution in [3.63, 3.8) is 0 Å². The normalized spacial score (nSPS) is 10.3. The lowest BCUT2D eigenvalue weighted by molar-refractivity contribution is 0.490. The van der Waals surface area contributed by atoms with Crippen LogP contribution in [0.4, 0.5) is 19.1 Å². The summed E-state index contributed by atoms with van der Waals surface area (Å²) in [5.41, 5.74) is 0.0105. The van der Waals surface area contributed by atoms with E-state index in [1.165, 1.54) is 12.4 Å². The zero-order chi connectivity index (χ0) is 12.3. The van der Waals surface area contributed by atoms with E-state index in [0.717, 1.165) is 6.07 Å². The minimum atomic E-state index is -1.21. The first-order chi connectivity index (χ1) is 8.16. The van der Waals surface area contributed by atoms with Crippen LogP contribution in [0.3, 0.4) is 0 Å². The molecule has 0 amide bonds. The Balaban J connectivity index is 2.12. The summed E-state index contributed by atoms with van der Waals surface area (Å²) in [5, 5.41) is 2.70. The molecule has 2 rings (SSSR count). The van der Waals surface area contributed by atoms with Gasteiger partial charge in [0.15, 0.2) is 11.6 Å². The molecular weight excluding hydrogens is 231 g/mol. The highest BCUT2D eigenvalue weighted by Crippen LogP contribution is 2.14. The molecule has 0 spiro atoms. The number of halogens is 3. The van der Waals surface area contributed by atoms with Crippen LogP contribution in [-0.2, 0) is 6.54 Å². The predicted octanol–water partition coefficient (Wildman–Crippen LogP) is 2.51. The van der Waals surface area contributed by atoms with E-state index in [-0.39, 0.29) is 18.1 Å². The molecule has 1 aromatic carbocycles. The molecule has 1 heterocycles. The standard InChI is InChI=1S/C11H8F3N3/c12-8-5-10(14)9(13)4-7(8)6-17-11-15-2-1-3-16-11/h1-5H,6H2,(H,15,16,17). The van der Waals surface area contributed by atoms with Gasteiger partial charge < -0.3 is 5.32 Å². The lowest BCUT2D eigenvalue weighted by Gasteiger charge is -2.06. The van der Waals surface area contributed by atoms with Crippen molar-refractivity contribution in [3.8, 4) is 0 Å². The molecule has 6 heteroatoms. The molecule has 0 bridgehead atoms. The summed E-state index contributed by atoms with van der Waals surface area (Å²) in [6.07, 6.45) is 3.02. The van der Waals surface area contributed by atoms with Gasteiger partial charge in [-0.25, -0.2) is 23.1 Å². The Morgan fingerprint density at radius 1 is 0.941 bits per heavy atom. The maximum Gasteiger partial charge on any atom is 0.222 e. The summed E-state index contributed by atoms with van der Waals surface area (Å²) in [4.78, 5) is 7.70. The number of nitrogens with zero attached hydrogens (tertiary/aromatic N) is 2. The quantitative estimate of drug-likeness (QED) is 0.836. The Kier molecular flexibility index (Phi) is 3.22. The molecule has 3 nitrogen and oxygen atoms in total. The van der Waals surface area contributed by atoms with E-state index in [1.54, 1.807) is 6.07 Å². The van der Waals surface area contributed by atoms with Gasteiger partial charge in [0, 0.05) is 30.6 Å². The molecule has 17 heavy (non-hydrogen) atoms. The van der Waals surface area contributed by atoms with E-state index in [4.69, 9.17) is 0 Å². The van der Waals surface area contributed by atoms with Crippen molar-refractivity contribution < 1.29 is 13.2 Å². The molecule has 0 aliphatic carbocycles. The van der Waals surface area contributed by atoms with Crippen LogP contribution in [0.25, 0.3) is 0 Å². The highest BCUT2D eigenvalue weighted by Gasteiger charge is 2.09. The third-order valence-corrected chi connectivity index (χ3v) is 2.09. The summed E-state index contributed by atoms with van der Waals surface area (Å²) in [7, 11) is 0.